The van der Waals surface area contributed by atoms with Crippen LogP contribution in [0.5, 0.6) is 0 Å². The quantitative estimate of drug-likeness (QED) is 0.840. The van der Waals surface area contributed by atoms with E-state index in [0.717, 1.165) is 0 Å². The van der Waals surface area contributed by atoms with Crippen molar-refractivity contribution in [2.24, 2.45) is 0 Å². The first-order valence-electron chi connectivity index (χ1n) is 6.20. The summed E-state index contributed by atoms with van der Waals surface area (Å²) in [6.07, 6.45) is 0.570. The number of nitrogens with zero attached hydrogens (tertiary/aromatic N) is 2. The van der Waals surface area contributed by atoms with Gasteiger partial charge in [0.15, 0.2) is 11.5 Å². The largest absolute Gasteiger partial charge is 0.377 e. The molecular formula is C12H17N3O4. The van der Waals surface area contributed by atoms with Gasteiger partial charge in [0.25, 0.3) is 5.91 Å². The molecule has 2 heterocycles. The van der Waals surface area contributed by atoms with Gasteiger partial charge in [0.1, 0.15) is 12.6 Å². The van der Waals surface area contributed by atoms with Gasteiger partial charge in [0, 0.05) is 26.3 Å². The van der Waals surface area contributed by atoms with Crippen molar-refractivity contribution in [2.75, 3.05) is 20.2 Å². The molecule has 1 unspecified atom stereocenters. The molecule has 1 aromatic heterocycles. The Balaban J connectivity index is 2.14. The number of nitrogens with one attached hydrogen (secondary N) is 1. The molecule has 7 nitrogen and oxygen atoms in total. The molecule has 1 atom stereocenters. The number of methoxy groups -OCH3 is 1. The fourth-order valence-corrected chi connectivity index (χ4v) is 2.13. The maximum atomic E-state index is 12.3. The van der Waals surface area contributed by atoms with E-state index in [4.69, 9.17) is 9.26 Å². The minimum atomic E-state index is -0.441. The van der Waals surface area contributed by atoms with Crippen LogP contribution in [0.15, 0.2) is 10.6 Å². The van der Waals surface area contributed by atoms with E-state index in [-0.39, 0.29) is 24.1 Å². The Morgan fingerprint density at radius 1 is 1.68 bits per heavy atom. The maximum Gasteiger partial charge on any atom is 0.276 e. The zero-order valence-corrected chi connectivity index (χ0v) is 11.0. The highest BCUT2D eigenvalue weighted by Crippen LogP contribution is 2.14. The molecule has 0 radical (unpaired) electrons. The van der Waals surface area contributed by atoms with Crippen molar-refractivity contribution < 1.29 is 18.8 Å². The monoisotopic (exact) mass is 267 g/mol. The minimum absolute atomic E-state index is 0.122. The van der Waals surface area contributed by atoms with Crippen molar-refractivity contribution in [3.05, 3.63) is 17.5 Å². The molecular weight excluding hydrogens is 250 g/mol. The normalized spacial score (nSPS) is 19.4. The third kappa shape index (κ3) is 2.76. The van der Waals surface area contributed by atoms with Crippen molar-refractivity contribution in [1.82, 2.24) is 15.4 Å². The molecule has 7 heteroatoms. The number of aromatic nitrogens is 1. The molecule has 1 aliphatic heterocycles. The fourth-order valence-electron chi connectivity index (χ4n) is 2.13. The lowest BCUT2D eigenvalue weighted by atomic mass is 10.1. The second-order valence-electron chi connectivity index (χ2n) is 4.33. The molecule has 0 saturated carbocycles. The molecule has 0 aliphatic carbocycles. The predicted molar refractivity (Wildman–Crippen MR) is 65.3 cm³/mol. The van der Waals surface area contributed by atoms with Crippen LogP contribution in [0, 0.1) is 0 Å². The number of piperazine rings is 1. The second kappa shape index (κ2) is 5.83. The standard InChI is InChI=1S/C12H17N3O4/c1-3-10-11(16)13-4-5-15(10)12(17)9-6-8(7-18-2)19-14-9/h6,10H,3-5,7H2,1-2H3,(H,13,16). The van der Waals surface area contributed by atoms with Crippen LogP contribution in [0.2, 0.25) is 0 Å². The molecule has 0 aromatic carbocycles. The Morgan fingerprint density at radius 3 is 3.16 bits per heavy atom. The van der Waals surface area contributed by atoms with Gasteiger partial charge in [0.05, 0.1) is 0 Å². The number of ether oxygens (including phenoxy) is 1. The lowest BCUT2D eigenvalue weighted by Gasteiger charge is -2.33. The number of carbonyl (C=O) groups excluding carboxylic acids is 2. The van der Waals surface area contributed by atoms with Crippen LogP contribution >= 0.6 is 0 Å². The van der Waals surface area contributed by atoms with Crippen LogP contribution in [-0.4, -0.2) is 48.1 Å². The summed E-state index contributed by atoms with van der Waals surface area (Å²) in [5, 5.41) is 6.47. The molecule has 1 aliphatic rings. The average molecular weight is 267 g/mol. The SMILES string of the molecule is CCC1C(=O)NCCN1C(=O)c1cc(COC)on1. The van der Waals surface area contributed by atoms with Gasteiger partial charge in [-0.25, -0.2) is 0 Å². The Bertz CT molecular complexity index is 471. The summed E-state index contributed by atoms with van der Waals surface area (Å²) >= 11 is 0. The van der Waals surface area contributed by atoms with Crippen LogP contribution in [-0.2, 0) is 16.1 Å². The van der Waals surface area contributed by atoms with Gasteiger partial charge in [-0.2, -0.15) is 0 Å². The van der Waals surface area contributed by atoms with Crippen molar-refractivity contribution in [3.8, 4) is 0 Å². The van der Waals surface area contributed by atoms with E-state index in [1.165, 1.54) is 12.0 Å². The van der Waals surface area contributed by atoms with Gasteiger partial charge in [-0.15, -0.1) is 0 Å². The molecule has 2 rings (SSSR count). The first kappa shape index (κ1) is 13.5. The van der Waals surface area contributed by atoms with Gasteiger partial charge >= 0.3 is 0 Å². The number of rotatable bonds is 4. The Labute approximate surface area is 110 Å². The smallest absolute Gasteiger partial charge is 0.276 e. The Kier molecular flexibility index (Phi) is 4.16. The third-order valence-corrected chi connectivity index (χ3v) is 3.04. The van der Waals surface area contributed by atoms with E-state index in [2.05, 4.69) is 10.5 Å². The topological polar surface area (TPSA) is 84.7 Å². The van der Waals surface area contributed by atoms with Crippen LogP contribution in [0.4, 0.5) is 0 Å². The second-order valence-corrected chi connectivity index (χ2v) is 4.33. The molecule has 2 amide bonds. The highest BCUT2D eigenvalue weighted by molar-refractivity contribution is 5.96. The molecule has 1 N–H and O–H groups in total. The van der Waals surface area contributed by atoms with Crippen molar-refractivity contribution in [2.45, 2.75) is 26.0 Å². The van der Waals surface area contributed by atoms with E-state index < -0.39 is 6.04 Å². The molecule has 1 aromatic rings. The summed E-state index contributed by atoms with van der Waals surface area (Å²) in [6, 6.07) is 1.11. The van der Waals surface area contributed by atoms with Crippen LogP contribution in [0.3, 0.4) is 0 Å². The molecule has 0 spiro atoms. The van der Waals surface area contributed by atoms with Gasteiger partial charge in [0.2, 0.25) is 5.91 Å². The summed E-state index contributed by atoms with van der Waals surface area (Å²) < 4.78 is 9.89. The number of hydrogen-bond donors (Lipinski definition) is 1. The van der Waals surface area contributed by atoms with Gasteiger partial charge < -0.3 is 19.5 Å². The van der Waals surface area contributed by atoms with Gasteiger partial charge in [-0.05, 0) is 6.42 Å². The van der Waals surface area contributed by atoms with E-state index >= 15 is 0 Å². The minimum Gasteiger partial charge on any atom is -0.377 e. The zero-order valence-electron chi connectivity index (χ0n) is 11.0. The summed E-state index contributed by atoms with van der Waals surface area (Å²) in [5.74, 6) is 0.0795. The Morgan fingerprint density at radius 2 is 2.47 bits per heavy atom. The lowest BCUT2D eigenvalue weighted by Crippen LogP contribution is -2.56. The van der Waals surface area contributed by atoms with Crippen molar-refractivity contribution in [1.29, 1.82) is 0 Å². The molecule has 1 saturated heterocycles. The van der Waals surface area contributed by atoms with E-state index in [1.54, 1.807) is 6.07 Å². The molecule has 1 fully saturated rings. The molecule has 0 bridgehead atoms. The summed E-state index contributed by atoms with van der Waals surface area (Å²) in [4.78, 5) is 25.6. The molecule has 104 valence electrons. The van der Waals surface area contributed by atoms with E-state index in [9.17, 15) is 9.59 Å². The third-order valence-electron chi connectivity index (χ3n) is 3.04. The first-order valence-corrected chi connectivity index (χ1v) is 6.20. The average Bonchev–Trinajstić information content (AvgIpc) is 2.86. The van der Waals surface area contributed by atoms with E-state index in [0.29, 0.717) is 25.3 Å². The van der Waals surface area contributed by atoms with E-state index in [1.807, 2.05) is 6.92 Å². The summed E-state index contributed by atoms with van der Waals surface area (Å²) in [6.45, 7) is 3.08. The number of hydrogen-bond acceptors (Lipinski definition) is 5. The highest BCUT2D eigenvalue weighted by atomic mass is 16.5. The summed E-state index contributed by atoms with van der Waals surface area (Å²) in [7, 11) is 1.53. The predicted octanol–water partition coefficient (Wildman–Crippen LogP) is 0.172. The zero-order chi connectivity index (χ0) is 13.8. The van der Waals surface area contributed by atoms with Crippen molar-refractivity contribution in [3.63, 3.8) is 0 Å². The fraction of sp³-hybridized carbons (Fsp3) is 0.583. The van der Waals surface area contributed by atoms with Crippen LogP contribution in [0.25, 0.3) is 0 Å². The maximum absolute atomic E-state index is 12.3. The van der Waals surface area contributed by atoms with Crippen LogP contribution in [0.1, 0.15) is 29.6 Å². The number of carbonyl (C=O) groups is 2. The van der Waals surface area contributed by atoms with Crippen molar-refractivity contribution >= 4 is 11.8 Å². The summed E-state index contributed by atoms with van der Waals surface area (Å²) in [5.41, 5.74) is 0.209. The van der Waals surface area contributed by atoms with Gasteiger partial charge in [-0.1, -0.05) is 12.1 Å². The van der Waals surface area contributed by atoms with Crippen LogP contribution < -0.4 is 5.32 Å². The lowest BCUT2D eigenvalue weighted by molar-refractivity contribution is -0.127. The van der Waals surface area contributed by atoms with Gasteiger partial charge in [-0.3, -0.25) is 9.59 Å². The number of amides is 2. The molecule has 19 heavy (non-hydrogen) atoms. The highest BCUT2D eigenvalue weighted by Gasteiger charge is 2.33. The first-order chi connectivity index (χ1) is 9.17. The Hall–Kier alpha value is -1.89.